The van der Waals surface area contributed by atoms with E-state index < -0.39 is 41.9 Å². The number of fused-ring (bicyclic) bond motifs is 1. The third kappa shape index (κ3) is 5.08. The van der Waals surface area contributed by atoms with Crippen LogP contribution < -0.4 is 29.7 Å². The number of ether oxygens (including phenoxy) is 5. The van der Waals surface area contributed by atoms with Gasteiger partial charge in [-0.1, -0.05) is 0 Å². The summed E-state index contributed by atoms with van der Waals surface area (Å²) in [6, 6.07) is 7.74. The minimum atomic E-state index is -1.74. The highest BCUT2D eigenvalue weighted by Crippen LogP contribution is 2.46. The summed E-state index contributed by atoms with van der Waals surface area (Å²) >= 11 is 0. The molecule has 0 spiro atoms. The van der Waals surface area contributed by atoms with E-state index in [1.54, 1.807) is 18.2 Å². The molecular weight excluding hydrogens is 538 g/mol. The van der Waals surface area contributed by atoms with Gasteiger partial charge in [0.1, 0.15) is 52.6 Å². The van der Waals surface area contributed by atoms with Crippen molar-refractivity contribution < 1.29 is 48.2 Å². The fourth-order valence-corrected chi connectivity index (χ4v) is 5.23. The zero-order chi connectivity index (χ0) is 29.4. The fourth-order valence-electron chi connectivity index (χ4n) is 5.23. The second-order valence-corrected chi connectivity index (χ2v) is 10.0. The van der Waals surface area contributed by atoms with Gasteiger partial charge in [0, 0.05) is 23.7 Å². The average molecular weight is 572 g/mol. The van der Waals surface area contributed by atoms with Gasteiger partial charge in [0.25, 0.3) is 5.91 Å². The predicted octanol–water partition coefficient (Wildman–Crippen LogP) is 1.69. The van der Waals surface area contributed by atoms with Crippen LogP contribution in [0.25, 0.3) is 22.3 Å². The molecule has 0 unspecified atom stereocenters. The van der Waals surface area contributed by atoms with Gasteiger partial charge in [-0.25, -0.2) is 0 Å². The molecule has 2 aliphatic rings. The van der Waals surface area contributed by atoms with E-state index in [4.69, 9.17) is 28.1 Å². The zero-order valence-corrected chi connectivity index (χ0v) is 23.1. The summed E-state index contributed by atoms with van der Waals surface area (Å²) in [6.45, 7) is 0. The molecule has 5 rings (SSSR count). The smallest absolute Gasteiger partial charge is 0.252 e. The Morgan fingerprint density at radius 2 is 1.59 bits per heavy atom. The third-order valence-electron chi connectivity index (χ3n) is 7.67. The van der Waals surface area contributed by atoms with Crippen LogP contribution in [0.1, 0.15) is 30.9 Å². The van der Waals surface area contributed by atoms with Crippen LogP contribution in [0, 0.1) is 0 Å². The Bertz CT molecular complexity index is 1500. The maximum Gasteiger partial charge on any atom is 0.252 e. The van der Waals surface area contributed by atoms with Crippen LogP contribution in [0.15, 0.2) is 39.5 Å². The number of aliphatic hydroxyl groups is 3. The Balaban J connectivity index is 1.60. The van der Waals surface area contributed by atoms with Crippen molar-refractivity contribution in [1.29, 1.82) is 0 Å². The Morgan fingerprint density at radius 3 is 2.20 bits per heavy atom. The third-order valence-corrected chi connectivity index (χ3v) is 7.67. The van der Waals surface area contributed by atoms with Crippen molar-refractivity contribution in [3.05, 3.63) is 46.1 Å². The normalized spacial score (nSPS) is 24.4. The molecule has 4 N–H and O–H groups in total. The number of hydrogen-bond acceptors (Lipinski definition) is 11. The number of nitrogens with one attached hydrogen (secondary N) is 1. The number of aliphatic hydroxyl groups excluding tert-OH is 3. The quantitative estimate of drug-likeness (QED) is 0.311. The molecule has 1 saturated carbocycles. The van der Waals surface area contributed by atoms with E-state index in [0.29, 0.717) is 17.1 Å². The van der Waals surface area contributed by atoms with E-state index in [1.807, 2.05) is 0 Å². The molecule has 12 heteroatoms. The number of benzene rings is 2. The maximum absolute atomic E-state index is 13.5. The molecule has 5 atom stereocenters. The minimum Gasteiger partial charge on any atom is -0.496 e. The second kappa shape index (κ2) is 11.6. The molecule has 12 nitrogen and oxygen atoms in total. The monoisotopic (exact) mass is 571 g/mol. The van der Waals surface area contributed by atoms with Crippen LogP contribution >= 0.6 is 0 Å². The highest BCUT2D eigenvalue weighted by atomic mass is 16.5. The molecule has 1 aliphatic carbocycles. The lowest BCUT2D eigenvalue weighted by atomic mass is 9.88. The van der Waals surface area contributed by atoms with Crippen LogP contribution in [0.3, 0.4) is 0 Å². The fraction of sp³-hybridized carbons (Fsp3) is 0.448. The number of rotatable bonds is 8. The Hall–Kier alpha value is -3.84. The summed E-state index contributed by atoms with van der Waals surface area (Å²) < 4.78 is 33.9. The molecule has 2 aromatic carbocycles. The van der Waals surface area contributed by atoms with Gasteiger partial charge in [0.05, 0.1) is 34.0 Å². The average Bonchev–Trinajstić information content (AvgIpc) is 2.96. The molecule has 3 aromatic rings. The predicted molar refractivity (Wildman–Crippen MR) is 146 cm³/mol. The SMILES string of the molecule is COc1ccc(-c2cc(=O)c3c(OC)c([C@@H]4O[C@H](C(=O)NC5CCC5)[C@@H](O)[C@H](O)[C@H]4O)c(OC)cc3o2)cc1OC. The van der Waals surface area contributed by atoms with Crippen molar-refractivity contribution in [2.45, 2.75) is 55.8 Å². The summed E-state index contributed by atoms with van der Waals surface area (Å²) in [6.07, 6.45) is -5.42. The lowest BCUT2D eigenvalue weighted by molar-refractivity contribution is -0.223. The molecule has 2 heterocycles. The molecule has 1 aromatic heterocycles. The largest absolute Gasteiger partial charge is 0.496 e. The van der Waals surface area contributed by atoms with E-state index in [9.17, 15) is 24.9 Å². The number of carbonyl (C=O) groups is 1. The standard InChI is InChI=1S/C29H33NO11/c1-36-16-9-8-13(10-18(16)37-2)17-11-15(31)21-20(40-17)12-19(38-3)22(26(21)39-4)27-24(33)23(32)25(34)28(41-27)29(35)30-14-6-5-7-14/h8-12,14,23-25,27-28,32-34H,5-7H2,1-4H3,(H,30,35)/t23-,24-,25+,27+,28+/m1/s1. The van der Waals surface area contributed by atoms with E-state index in [2.05, 4.69) is 5.32 Å². The van der Waals surface area contributed by atoms with Crippen LogP contribution in [0.5, 0.6) is 23.0 Å². The number of hydrogen-bond donors (Lipinski definition) is 4. The first kappa shape index (κ1) is 28.7. The van der Waals surface area contributed by atoms with Crippen LogP contribution in [0.4, 0.5) is 0 Å². The summed E-state index contributed by atoms with van der Waals surface area (Å²) in [5, 5.41) is 35.1. The van der Waals surface area contributed by atoms with E-state index in [-0.39, 0.29) is 39.8 Å². The maximum atomic E-state index is 13.5. The van der Waals surface area contributed by atoms with Crippen LogP contribution in [0.2, 0.25) is 0 Å². The number of methoxy groups -OCH3 is 4. The van der Waals surface area contributed by atoms with Gasteiger partial charge in [-0.15, -0.1) is 0 Å². The highest BCUT2D eigenvalue weighted by molar-refractivity contribution is 5.89. The van der Waals surface area contributed by atoms with Crippen molar-refractivity contribution in [2.75, 3.05) is 28.4 Å². The van der Waals surface area contributed by atoms with E-state index in [0.717, 1.165) is 19.3 Å². The summed E-state index contributed by atoms with van der Waals surface area (Å²) in [4.78, 5) is 26.4. The Labute approximate surface area is 235 Å². The first-order chi connectivity index (χ1) is 19.7. The molecule has 1 amide bonds. The van der Waals surface area contributed by atoms with Crippen molar-refractivity contribution in [1.82, 2.24) is 5.32 Å². The second-order valence-electron chi connectivity index (χ2n) is 10.0. The molecule has 41 heavy (non-hydrogen) atoms. The summed E-state index contributed by atoms with van der Waals surface area (Å²) in [7, 11) is 5.69. The van der Waals surface area contributed by atoms with Gasteiger partial charge < -0.3 is 48.7 Å². The Kier molecular flexibility index (Phi) is 8.09. The van der Waals surface area contributed by atoms with Crippen LogP contribution in [-0.4, -0.2) is 80.1 Å². The number of amides is 1. The van der Waals surface area contributed by atoms with Gasteiger partial charge in [0.15, 0.2) is 23.0 Å². The molecule has 1 aliphatic heterocycles. The number of carbonyl (C=O) groups excluding carboxylic acids is 1. The summed E-state index contributed by atoms with van der Waals surface area (Å²) in [5.74, 6) is 0.644. The molecule has 1 saturated heterocycles. The van der Waals surface area contributed by atoms with E-state index in [1.165, 1.54) is 40.6 Å². The molecular formula is C29H33NO11. The molecule has 0 radical (unpaired) electrons. The highest BCUT2D eigenvalue weighted by Gasteiger charge is 2.49. The zero-order valence-electron chi connectivity index (χ0n) is 23.1. The van der Waals surface area contributed by atoms with Crippen LogP contribution in [-0.2, 0) is 9.53 Å². The lowest BCUT2D eigenvalue weighted by Crippen LogP contribution is -2.60. The topological polar surface area (TPSA) is 166 Å². The van der Waals surface area contributed by atoms with Crippen molar-refractivity contribution in [2.24, 2.45) is 0 Å². The Morgan fingerprint density at radius 1 is 0.878 bits per heavy atom. The first-order valence-electron chi connectivity index (χ1n) is 13.2. The lowest BCUT2D eigenvalue weighted by Gasteiger charge is -2.41. The molecule has 0 bridgehead atoms. The minimum absolute atomic E-state index is 0.0272. The molecule has 220 valence electrons. The first-order valence-corrected chi connectivity index (χ1v) is 13.2. The summed E-state index contributed by atoms with van der Waals surface area (Å²) in [5.41, 5.74) is 0.271. The van der Waals surface area contributed by atoms with Gasteiger partial charge in [0.2, 0.25) is 0 Å². The van der Waals surface area contributed by atoms with Crippen molar-refractivity contribution in [3.63, 3.8) is 0 Å². The van der Waals surface area contributed by atoms with Gasteiger partial charge in [-0.3, -0.25) is 9.59 Å². The van der Waals surface area contributed by atoms with Gasteiger partial charge in [-0.05, 0) is 37.5 Å². The van der Waals surface area contributed by atoms with E-state index >= 15 is 0 Å². The van der Waals surface area contributed by atoms with Gasteiger partial charge >= 0.3 is 0 Å². The molecule has 2 fully saturated rings. The van der Waals surface area contributed by atoms with Gasteiger partial charge in [-0.2, -0.15) is 0 Å². The van der Waals surface area contributed by atoms with Crippen molar-refractivity contribution >= 4 is 16.9 Å². The van der Waals surface area contributed by atoms with Crippen molar-refractivity contribution in [3.8, 4) is 34.3 Å².